The van der Waals surface area contributed by atoms with Crippen molar-refractivity contribution in [3.8, 4) is 0 Å². The van der Waals surface area contributed by atoms with E-state index in [-0.39, 0.29) is 40.0 Å². The van der Waals surface area contributed by atoms with E-state index < -0.39 is 11.7 Å². The average Bonchev–Trinajstić information content (AvgIpc) is 3.39. The van der Waals surface area contributed by atoms with Crippen molar-refractivity contribution in [3.05, 3.63) is 11.6 Å². The summed E-state index contributed by atoms with van der Waals surface area (Å²) in [6.45, 7) is 15.9. The number of aliphatic hydroxyl groups excluding tert-OH is 1. The van der Waals surface area contributed by atoms with Crippen molar-refractivity contribution >= 4 is 5.78 Å². The largest absolute Gasteiger partial charge is 0.387 e. The number of ketones is 1. The second-order valence-corrected chi connectivity index (χ2v) is 15.0. The lowest BCUT2D eigenvalue weighted by Gasteiger charge is -2.63. The Hall–Kier alpha value is -0.750. The molecule has 0 bridgehead atoms. The molecule has 3 saturated carbocycles. The zero-order chi connectivity index (χ0) is 27.2. The first-order valence-electron chi connectivity index (χ1n) is 14.8. The fourth-order valence-electron chi connectivity index (χ4n) is 10.3. The van der Waals surface area contributed by atoms with Crippen LogP contribution in [0.15, 0.2) is 11.6 Å². The summed E-state index contributed by atoms with van der Waals surface area (Å²) in [6, 6.07) is 0. The second kappa shape index (κ2) is 8.88. The summed E-state index contributed by atoms with van der Waals surface area (Å²) in [7, 11) is 3.40. The molecule has 37 heavy (non-hydrogen) atoms. The van der Waals surface area contributed by atoms with Crippen LogP contribution in [-0.4, -0.2) is 49.2 Å². The fraction of sp³-hybridized carbons (Fsp3) is 0.906. The molecule has 4 fully saturated rings. The quantitative estimate of drug-likeness (QED) is 0.433. The molecule has 10 atom stereocenters. The van der Waals surface area contributed by atoms with Crippen LogP contribution in [0.2, 0.25) is 0 Å². The number of aliphatic hydroxyl groups is 1. The van der Waals surface area contributed by atoms with E-state index in [1.165, 1.54) is 25.7 Å². The van der Waals surface area contributed by atoms with Crippen LogP contribution in [0.4, 0.5) is 0 Å². The first-order chi connectivity index (χ1) is 17.2. The molecular formula is C32H52O5. The van der Waals surface area contributed by atoms with E-state index >= 15 is 0 Å². The van der Waals surface area contributed by atoms with Crippen LogP contribution in [0.3, 0.4) is 0 Å². The van der Waals surface area contributed by atoms with Gasteiger partial charge < -0.3 is 19.3 Å². The minimum atomic E-state index is -0.702. The van der Waals surface area contributed by atoms with Gasteiger partial charge in [-0.3, -0.25) is 4.79 Å². The summed E-state index contributed by atoms with van der Waals surface area (Å²) in [5.74, 6) is 2.22. The summed E-state index contributed by atoms with van der Waals surface area (Å²) in [4.78, 5) is 12.9. The van der Waals surface area contributed by atoms with Gasteiger partial charge in [-0.05, 0) is 92.8 Å². The molecule has 0 aromatic carbocycles. The molecule has 0 aromatic heterocycles. The third-order valence-electron chi connectivity index (χ3n) is 13.1. The molecule has 1 aliphatic heterocycles. The lowest BCUT2D eigenvalue weighted by atomic mass is 9.41. The van der Waals surface area contributed by atoms with Gasteiger partial charge in [0.25, 0.3) is 0 Å². The van der Waals surface area contributed by atoms with E-state index in [1.54, 1.807) is 19.8 Å². The van der Waals surface area contributed by atoms with Gasteiger partial charge in [-0.15, -0.1) is 0 Å². The highest BCUT2D eigenvalue weighted by atomic mass is 16.7. The summed E-state index contributed by atoms with van der Waals surface area (Å²) < 4.78 is 17.9. The van der Waals surface area contributed by atoms with Gasteiger partial charge in [0.2, 0.25) is 0 Å². The molecule has 1 N–H and O–H groups in total. The van der Waals surface area contributed by atoms with Gasteiger partial charge in [0.05, 0.1) is 11.7 Å². The van der Waals surface area contributed by atoms with Crippen molar-refractivity contribution in [1.82, 2.24) is 0 Å². The zero-order valence-corrected chi connectivity index (χ0v) is 24.9. The summed E-state index contributed by atoms with van der Waals surface area (Å²) in [5.41, 5.74) is 1.32. The predicted molar refractivity (Wildman–Crippen MR) is 145 cm³/mol. The van der Waals surface area contributed by atoms with Crippen LogP contribution in [0, 0.1) is 45.3 Å². The highest BCUT2D eigenvalue weighted by Gasteiger charge is 2.66. The van der Waals surface area contributed by atoms with E-state index in [0.717, 1.165) is 25.7 Å². The van der Waals surface area contributed by atoms with E-state index in [2.05, 4.69) is 40.7 Å². The molecule has 5 heteroatoms. The summed E-state index contributed by atoms with van der Waals surface area (Å²) >= 11 is 0. The second-order valence-electron chi connectivity index (χ2n) is 15.0. The minimum absolute atomic E-state index is 0.154. The zero-order valence-electron chi connectivity index (χ0n) is 24.9. The number of methoxy groups -OCH3 is 2. The molecule has 5 aliphatic rings. The number of fused-ring (bicyclic) bond motifs is 5. The number of hydrogen-bond acceptors (Lipinski definition) is 5. The molecule has 5 nitrogen and oxygen atoms in total. The minimum Gasteiger partial charge on any atom is -0.387 e. The van der Waals surface area contributed by atoms with Crippen LogP contribution in [0.25, 0.3) is 0 Å². The van der Waals surface area contributed by atoms with Gasteiger partial charge in [0.15, 0.2) is 6.29 Å². The first-order valence-corrected chi connectivity index (χ1v) is 14.8. The van der Waals surface area contributed by atoms with Crippen molar-refractivity contribution in [3.63, 3.8) is 0 Å². The Morgan fingerprint density at radius 1 is 1.08 bits per heavy atom. The maximum atomic E-state index is 12.9. The fourth-order valence-corrected chi connectivity index (χ4v) is 10.3. The van der Waals surface area contributed by atoms with Crippen molar-refractivity contribution in [2.24, 2.45) is 45.3 Å². The number of carbonyl (C=O) groups excluding carboxylic acids is 1. The van der Waals surface area contributed by atoms with Crippen molar-refractivity contribution in [2.45, 2.75) is 124 Å². The first kappa shape index (κ1) is 27.8. The van der Waals surface area contributed by atoms with Gasteiger partial charge in [0, 0.05) is 32.0 Å². The third-order valence-corrected chi connectivity index (χ3v) is 13.1. The Labute approximate surface area is 225 Å². The van der Waals surface area contributed by atoms with Crippen LogP contribution >= 0.6 is 0 Å². The third kappa shape index (κ3) is 3.73. The standard InChI is InChI=1S/C32H52O5/c1-28(2)24-11-10-22-21(30(24,5)15-14-25(28)33)13-17-31(6)20(12-16-32(22,31)7)19-18-23(37-27(19)35-8)26(34)29(3,4)36-9/h10,19-21,23-24,26-27,34H,11-18H2,1-9H3/t19-,20+,21-,23-,24+,26+,27-,30-,31+,32-/m1/s1. The van der Waals surface area contributed by atoms with Crippen LogP contribution < -0.4 is 0 Å². The Balaban J connectivity index is 1.44. The topological polar surface area (TPSA) is 65.0 Å². The maximum absolute atomic E-state index is 12.9. The van der Waals surface area contributed by atoms with E-state index in [4.69, 9.17) is 14.2 Å². The van der Waals surface area contributed by atoms with Gasteiger partial charge in [-0.1, -0.05) is 46.3 Å². The number of Topliss-reactive ketones (excluding diaryl/α,β-unsaturated/α-hetero) is 1. The van der Waals surface area contributed by atoms with Crippen molar-refractivity contribution in [2.75, 3.05) is 14.2 Å². The summed E-state index contributed by atoms with van der Waals surface area (Å²) in [6.07, 6.45) is 9.70. The maximum Gasteiger partial charge on any atom is 0.160 e. The smallest absolute Gasteiger partial charge is 0.160 e. The Kier molecular flexibility index (Phi) is 6.67. The number of rotatable bonds is 5. The van der Waals surface area contributed by atoms with Crippen molar-refractivity contribution in [1.29, 1.82) is 0 Å². The highest BCUT2D eigenvalue weighted by molar-refractivity contribution is 5.85. The Bertz CT molecular complexity index is 953. The summed E-state index contributed by atoms with van der Waals surface area (Å²) in [5, 5.41) is 11.1. The van der Waals surface area contributed by atoms with Gasteiger partial charge in [-0.2, -0.15) is 0 Å². The molecule has 0 radical (unpaired) electrons. The van der Waals surface area contributed by atoms with Crippen LogP contribution in [0.1, 0.15) is 99.8 Å². The molecule has 0 aromatic rings. The molecule has 210 valence electrons. The normalized spacial score (nSPS) is 48.2. The monoisotopic (exact) mass is 516 g/mol. The average molecular weight is 517 g/mol. The number of allylic oxidation sites excluding steroid dienone is 2. The molecular weight excluding hydrogens is 464 g/mol. The van der Waals surface area contributed by atoms with Gasteiger partial charge in [0.1, 0.15) is 11.9 Å². The van der Waals surface area contributed by atoms with Crippen LogP contribution in [-0.2, 0) is 19.0 Å². The lowest BCUT2D eigenvalue weighted by molar-refractivity contribution is -0.189. The molecule has 4 aliphatic carbocycles. The molecule has 5 rings (SSSR count). The Morgan fingerprint density at radius 3 is 2.43 bits per heavy atom. The SMILES string of the molecule is CO[C@@H]1O[C@@H]([C@H](O)C(C)(C)OC)C[C@@H]1[C@@H]1CC[C@]2(C)C3=CC[C@H]4C(C)(C)C(=O)CC[C@]4(C)[C@@H]3CC[C@@]12C. The Morgan fingerprint density at radius 2 is 1.78 bits per heavy atom. The molecule has 0 unspecified atom stereocenters. The molecule has 0 spiro atoms. The number of hydrogen-bond donors (Lipinski definition) is 1. The van der Waals surface area contributed by atoms with E-state index in [0.29, 0.717) is 23.5 Å². The van der Waals surface area contributed by atoms with Crippen molar-refractivity contribution < 1.29 is 24.1 Å². The van der Waals surface area contributed by atoms with Gasteiger partial charge in [-0.25, -0.2) is 0 Å². The number of ether oxygens (including phenoxy) is 3. The van der Waals surface area contributed by atoms with E-state index in [9.17, 15) is 9.90 Å². The molecule has 1 heterocycles. The van der Waals surface area contributed by atoms with E-state index in [1.807, 2.05) is 13.8 Å². The number of carbonyl (C=O) groups is 1. The molecule has 1 saturated heterocycles. The predicted octanol–water partition coefficient (Wildman–Crippen LogP) is 6.32. The molecule has 0 amide bonds. The lowest BCUT2D eigenvalue weighted by Crippen LogP contribution is -2.57. The van der Waals surface area contributed by atoms with Crippen LogP contribution in [0.5, 0.6) is 0 Å². The van der Waals surface area contributed by atoms with Gasteiger partial charge >= 0.3 is 0 Å². The highest BCUT2D eigenvalue weighted by Crippen LogP contribution is 2.73.